The van der Waals surface area contributed by atoms with Crippen LogP contribution in [0.1, 0.15) is 11.1 Å². The van der Waals surface area contributed by atoms with Gasteiger partial charge in [0.15, 0.2) is 0 Å². The van der Waals surface area contributed by atoms with Crippen LogP contribution in [-0.2, 0) is 9.59 Å². The first-order chi connectivity index (χ1) is 7.58. The van der Waals surface area contributed by atoms with Gasteiger partial charge in [0, 0.05) is 6.08 Å². The second-order valence-electron chi connectivity index (χ2n) is 3.36. The van der Waals surface area contributed by atoms with Crippen LogP contribution in [0.4, 0.5) is 0 Å². The van der Waals surface area contributed by atoms with Crippen LogP contribution in [0.2, 0.25) is 0 Å². The van der Waals surface area contributed by atoms with Gasteiger partial charge >= 0.3 is 5.97 Å². The van der Waals surface area contributed by atoms with E-state index in [0.29, 0.717) is 0 Å². The normalized spacial score (nSPS) is 10.3. The number of nitrogens with one attached hydrogen (secondary N) is 1. The molecule has 0 bridgehead atoms. The maximum atomic E-state index is 11.1. The number of carboxylic acid groups (broad SMARTS) is 1. The first kappa shape index (κ1) is 12.0. The summed E-state index contributed by atoms with van der Waals surface area (Å²) in [6.45, 7) is 1.62. The fourth-order valence-electron chi connectivity index (χ4n) is 1.07. The van der Waals surface area contributed by atoms with Gasteiger partial charge in [0.25, 0.3) is 0 Å². The molecule has 4 nitrogen and oxygen atoms in total. The van der Waals surface area contributed by atoms with E-state index in [2.05, 4.69) is 5.32 Å². The average Bonchev–Trinajstić information content (AvgIpc) is 2.25. The van der Waals surface area contributed by atoms with Crippen molar-refractivity contribution in [3.63, 3.8) is 0 Å². The van der Waals surface area contributed by atoms with Crippen molar-refractivity contribution >= 4 is 18.0 Å². The van der Waals surface area contributed by atoms with Crippen molar-refractivity contribution in [1.29, 1.82) is 0 Å². The molecule has 84 valence electrons. The standard InChI is InChI=1S/C12H13NO3/c1-9-2-4-10(5-3-9)6-7-11(14)13-8-12(15)16/h2-7H,8H2,1H3,(H,13,14)(H,15,16)/b7-6+. The number of hydrogen-bond acceptors (Lipinski definition) is 2. The number of aryl methyl sites for hydroxylation is 1. The first-order valence-electron chi connectivity index (χ1n) is 4.82. The highest BCUT2D eigenvalue weighted by Crippen LogP contribution is 2.04. The highest BCUT2D eigenvalue weighted by molar-refractivity contribution is 5.93. The Labute approximate surface area is 93.6 Å². The molecule has 0 unspecified atom stereocenters. The molecule has 0 aliphatic carbocycles. The zero-order valence-electron chi connectivity index (χ0n) is 8.93. The molecule has 0 aromatic heterocycles. The first-order valence-corrected chi connectivity index (χ1v) is 4.82. The van der Waals surface area contributed by atoms with Gasteiger partial charge in [-0.25, -0.2) is 0 Å². The molecular formula is C12H13NO3. The van der Waals surface area contributed by atoms with Crippen molar-refractivity contribution in [2.24, 2.45) is 0 Å². The van der Waals surface area contributed by atoms with Crippen LogP contribution < -0.4 is 5.32 Å². The summed E-state index contributed by atoms with van der Waals surface area (Å²) < 4.78 is 0. The van der Waals surface area contributed by atoms with Gasteiger partial charge in [-0.3, -0.25) is 9.59 Å². The van der Waals surface area contributed by atoms with E-state index in [9.17, 15) is 9.59 Å². The van der Waals surface area contributed by atoms with E-state index in [0.717, 1.165) is 11.1 Å². The second kappa shape index (κ2) is 5.70. The fraction of sp³-hybridized carbons (Fsp3) is 0.167. The Morgan fingerprint density at radius 3 is 2.50 bits per heavy atom. The minimum atomic E-state index is -1.06. The van der Waals surface area contributed by atoms with Crippen molar-refractivity contribution in [3.05, 3.63) is 41.5 Å². The van der Waals surface area contributed by atoms with Crippen LogP contribution in [0.5, 0.6) is 0 Å². The number of amides is 1. The smallest absolute Gasteiger partial charge is 0.322 e. The number of rotatable bonds is 4. The second-order valence-corrected chi connectivity index (χ2v) is 3.36. The van der Waals surface area contributed by atoms with E-state index in [1.165, 1.54) is 6.08 Å². The monoisotopic (exact) mass is 219 g/mol. The Bertz CT molecular complexity index is 407. The minimum absolute atomic E-state index is 0.364. The Morgan fingerprint density at radius 2 is 1.94 bits per heavy atom. The lowest BCUT2D eigenvalue weighted by Crippen LogP contribution is -2.27. The van der Waals surface area contributed by atoms with E-state index < -0.39 is 11.9 Å². The molecular weight excluding hydrogens is 206 g/mol. The Morgan fingerprint density at radius 1 is 1.31 bits per heavy atom. The topological polar surface area (TPSA) is 66.4 Å². The lowest BCUT2D eigenvalue weighted by Gasteiger charge is -1.97. The van der Waals surface area contributed by atoms with E-state index in [-0.39, 0.29) is 6.54 Å². The van der Waals surface area contributed by atoms with Crippen LogP contribution in [0.3, 0.4) is 0 Å². The van der Waals surface area contributed by atoms with Gasteiger partial charge in [-0.05, 0) is 18.6 Å². The van der Waals surface area contributed by atoms with Crippen LogP contribution in [0.25, 0.3) is 6.08 Å². The summed E-state index contributed by atoms with van der Waals surface area (Å²) in [4.78, 5) is 21.3. The summed E-state index contributed by atoms with van der Waals surface area (Å²) in [5.41, 5.74) is 2.04. The van der Waals surface area contributed by atoms with Crippen LogP contribution in [0, 0.1) is 6.92 Å². The molecule has 0 radical (unpaired) electrons. The largest absolute Gasteiger partial charge is 0.480 e. The molecule has 4 heteroatoms. The molecule has 0 saturated carbocycles. The van der Waals surface area contributed by atoms with Crippen molar-refractivity contribution in [2.75, 3.05) is 6.54 Å². The SMILES string of the molecule is Cc1ccc(/C=C/C(=O)NCC(=O)O)cc1. The van der Waals surface area contributed by atoms with Crippen LogP contribution in [-0.4, -0.2) is 23.5 Å². The Kier molecular flexibility index (Phi) is 4.27. The maximum Gasteiger partial charge on any atom is 0.322 e. The lowest BCUT2D eigenvalue weighted by molar-refractivity contribution is -0.137. The van der Waals surface area contributed by atoms with Crippen molar-refractivity contribution in [3.8, 4) is 0 Å². The molecule has 0 heterocycles. The fourth-order valence-corrected chi connectivity index (χ4v) is 1.07. The predicted octanol–water partition coefficient (Wildman–Crippen LogP) is 1.21. The molecule has 0 atom stereocenters. The molecule has 0 aliphatic rings. The Balaban J connectivity index is 2.50. The third-order valence-corrected chi connectivity index (χ3v) is 1.92. The number of aliphatic carboxylic acids is 1. The highest BCUT2D eigenvalue weighted by Gasteiger charge is 1.98. The van der Waals surface area contributed by atoms with Crippen molar-refractivity contribution in [2.45, 2.75) is 6.92 Å². The van der Waals surface area contributed by atoms with E-state index >= 15 is 0 Å². The number of carbonyl (C=O) groups is 2. The number of carboxylic acids is 1. The van der Waals surface area contributed by atoms with Gasteiger partial charge in [-0.15, -0.1) is 0 Å². The lowest BCUT2D eigenvalue weighted by atomic mass is 10.1. The van der Waals surface area contributed by atoms with Gasteiger partial charge in [0.1, 0.15) is 6.54 Å². The molecule has 0 spiro atoms. The van der Waals surface area contributed by atoms with E-state index in [1.807, 2.05) is 31.2 Å². The van der Waals surface area contributed by atoms with Crippen LogP contribution in [0.15, 0.2) is 30.3 Å². The minimum Gasteiger partial charge on any atom is -0.480 e. The average molecular weight is 219 g/mol. The Hall–Kier alpha value is -2.10. The number of benzene rings is 1. The summed E-state index contributed by atoms with van der Waals surface area (Å²) in [7, 11) is 0. The molecule has 1 aromatic rings. The third kappa shape index (κ3) is 4.41. The zero-order valence-corrected chi connectivity index (χ0v) is 8.93. The van der Waals surface area contributed by atoms with Crippen molar-refractivity contribution in [1.82, 2.24) is 5.32 Å². The molecule has 16 heavy (non-hydrogen) atoms. The maximum absolute atomic E-state index is 11.1. The molecule has 0 fully saturated rings. The summed E-state index contributed by atoms with van der Waals surface area (Å²) in [6.07, 6.45) is 2.95. The third-order valence-electron chi connectivity index (χ3n) is 1.92. The van der Waals surface area contributed by atoms with E-state index in [1.54, 1.807) is 6.08 Å². The summed E-state index contributed by atoms with van der Waals surface area (Å²) in [5.74, 6) is -1.47. The quantitative estimate of drug-likeness (QED) is 0.748. The van der Waals surface area contributed by atoms with E-state index in [4.69, 9.17) is 5.11 Å². The van der Waals surface area contributed by atoms with Crippen LogP contribution >= 0.6 is 0 Å². The zero-order chi connectivity index (χ0) is 12.0. The van der Waals surface area contributed by atoms with Gasteiger partial charge in [-0.1, -0.05) is 29.8 Å². The van der Waals surface area contributed by atoms with Crippen molar-refractivity contribution < 1.29 is 14.7 Å². The highest BCUT2D eigenvalue weighted by atomic mass is 16.4. The molecule has 1 rings (SSSR count). The van der Waals surface area contributed by atoms with Gasteiger partial charge in [0.2, 0.25) is 5.91 Å². The number of carbonyl (C=O) groups excluding carboxylic acids is 1. The van der Waals surface area contributed by atoms with Gasteiger partial charge in [-0.2, -0.15) is 0 Å². The predicted molar refractivity (Wildman–Crippen MR) is 60.9 cm³/mol. The molecule has 1 aromatic carbocycles. The molecule has 2 N–H and O–H groups in total. The summed E-state index contributed by atoms with van der Waals surface area (Å²) in [5, 5.41) is 10.6. The molecule has 0 saturated heterocycles. The van der Waals surface area contributed by atoms with Gasteiger partial charge in [0.05, 0.1) is 0 Å². The number of hydrogen-bond donors (Lipinski definition) is 2. The molecule has 0 aliphatic heterocycles. The summed E-state index contributed by atoms with van der Waals surface area (Å²) in [6, 6.07) is 7.65. The summed E-state index contributed by atoms with van der Waals surface area (Å²) >= 11 is 0. The van der Waals surface area contributed by atoms with Gasteiger partial charge < -0.3 is 10.4 Å². The molecule has 1 amide bonds.